The molecule has 1 aromatic heterocycles. The number of carbonyl (C=O) groups is 2. The predicted molar refractivity (Wildman–Crippen MR) is 125 cm³/mol. The van der Waals surface area contributed by atoms with E-state index in [1.165, 1.54) is 25.8 Å². The maximum atomic E-state index is 13.3. The molecule has 0 aromatic carbocycles. The number of hydrogen-bond donors (Lipinski definition) is 1. The molecule has 1 aromatic rings. The van der Waals surface area contributed by atoms with Gasteiger partial charge < -0.3 is 19.8 Å². The number of piperidine rings is 1. The van der Waals surface area contributed by atoms with Crippen molar-refractivity contribution in [2.75, 3.05) is 45.7 Å². The molecule has 11 heteroatoms. The third-order valence-corrected chi connectivity index (χ3v) is 6.74. The van der Waals surface area contributed by atoms with Gasteiger partial charge in [0.15, 0.2) is 0 Å². The van der Waals surface area contributed by atoms with E-state index in [9.17, 15) is 27.9 Å². The molecule has 1 atom stereocenters. The van der Waals surface area contributed by atoms with E-state index in [1.54, 1.807) is 26.2 Å². The summed E-state index contributed by atoms with van der Waals surface area (Å²) in [5.74, 6) is -1.75. The van der Waals surface area contributed by atoms with Crippen LogP contribution in [0.2, 0.25) is 5.15 Å². The molecule has 0 bridgehead atoms. The van der Waals surface area contributed by atoms with Gasteiger partial charge >= 0.3 is 6.18 Å². The first-order valence-electron chi connectivity index (χ1n) is 11.4. The van der Waals surface area contributed by atoms with Crippen LogP contribution in [0.4, 0.5) is 19.0 Å². The van der Waals surface area contributed by atoms with Crippen LogP contribution in [0.1, 0.15) is 49.9 Å². The lowest BCUT2D eigenvalue weighted by atomic mass is 9.87. The molecule has 0 radical (unpaired) electrons. The second kappa shape index (κ2) is 11.1. The van der Waals surface area contributed by atoms with Crippen LogP contribution >= 0.6 is 11.6 Å². The molecular weight excluding hydrogens is 473 g/mol. The Hall–Kier alpha value is -2.07. The summed E-state index contributed by atoms with van der Waals surface area (Å²) < 4.78 is 40.0. The molecule has 0 unspecified atom stereocenters. The van der Waals surface area contributed by atoms with Gasteiger partial charge in [-0.3, -0.25) is 9.59 Å². The van der Waals surface area contributed by atoms with Crippen molar-refractivity contribution in [1.82, 2.24) is 14.8 Å². The van der Waals surface area contributed by atoms with Gasteiger partial charge in [-0.15, -0.1) is 0 Å². The SMILES string of the molecule is CC(C)[C@](O)(C(=O)N(C)CCCC1CCN(c2ccc(C(=O)N(C)C)c(Cl)n2)CC1)C(F)(F)F. The van der Waals surface area contributed by atoms with E-state index in [4.69, 9.17) is 11.6 Å². The molecule has 1 saturated heterocycles. The number of aromatic nitrogens is 1. The fraction of sp³-hybridized carbons (Fsp3) is 0.696. The van der Waals surface area contributed by atoms with Crippen LogP contribution in [0.25, 0.3) is 0 Å². The smallest absolute Gasteiger partial charge is 0.372 e. The molecule has 0 spiro atoms. The minimum Gasteiger partial charge on any atom is -0.372 e. The van der Waals surface area contributed by atoms with Gasteiger partial charge in [-0.1, -0.05) is 25.4 Å². The van der Waals surface area contributed by atoms with Gasteiger partial charge in [0.25, 0.3) is 11.8 Å². The zero-order valence-electron chi connectivity index (χ0n) is 20.3. The molecule has 192 valence electrons. The van der Waals surface area contributed by atoms with Crippen LogP contribution in [0.5, 0.6) is 0 Å². The Labute approximate surface area is 203 Å². The number of anilines is 1. The fourth-order valence-electron chi connectivity index (χ4n) is 4.16. The van der Waals surface area contributed by atoms with Crippen molar-refractivity contribution in [3.8, 4) is 0 Å². The Morgan fingerprint density at radius 2 is 1.79 bits per heavy atom. The summed E-state index contributed by atoms with van der Waals surface area (Å²) in [6, 6.07) is 3.45. The minimum absolute atomic E-state index is 0.142. The maximum absolute atomic E-state index is 13.3. The molecule has 0 aliphatic carbocycles. The zero-order valence-corrected chi connectivity index (χ0v) is 21.1. The third-order valence-electron chi connectivity index (χ3n) is 6.46. The fourth-order valence-corrected chi connectivity index (χ4v) is 4.39. The number of likely N-dealkylation sites (N-methyl/N-ethyl adjacent to an activating group) is 1. The summed E-state index contributed by atoms with van der Waals surface area (Å²) in [7, 11) is 4.59. The number of nitrogens with zero attached hydrogens (tertiary/aromatic N) is 4. The van der Waals surface area contributed by atoms with Crippen molar-refractivity contribution in [2.45, 2.75) is 51.3 Å². The highest BCUT2D eigenvalue weighted by atomic mass is 35.5. The van der Waals surface area contributed by atoms with Crippen molar-refractivity contribution in [3.63, 3.8) is 0 Å². The van der Waals surface area contributed by atoms with Gasteiger partial charge in [0.2, 0.25) is 5.60 Å². The highest BCUT2D eigenvalue weighted by molar-refractivity contribution is 6.32. The van der Waals surface area contributed by atoms with Gasteiger partial charge in [-0.25, -0.2) is 4.98 Å². The molecular formula is C23H34ClF3N4O3. The Morgan fingerprint density at radius 3 is 2.26 bits per heavy atom. The van der Waals surface area contributed by atoms with Crippen molar-refractivity contribution in [2.24, 2.45) is 11.8 Å². The predicted octanol–water partition coefficient (Wildman–Crippen LogP) is 3.84. The third kappa shape index (κ3) is 6.13. The second-order valence-electron chi connectivity index (χ2n) is 9.43. The maximum Gasteiger partial charge on any atom is 0.426 e. The number of amides is 2. The summed E-state index contributed by atoms with van der Waals surface area (Å²) in [6.07, 6.45) is -1.98. The molecule has 7 nitrogen and oxygen atoms in total. The van der Waals surface area contributed by atoms with E-state index in [2.05, 4.69) is 9.88 Å². The summed E-state index contributed by atoms with van der Waals surface area (Å²) in [6.45, 7) is 3.99. The Bertz CT molecular complexity index is 874. The molecule has 0 saturated carbocycles. The van der Waals surface area contributed by atoms with Crippen LogP contribution < -0.4 is 4.90 Å². The molecule has 2 amide bonds. The van der Waals surface area contributed by atoms with Crippen molar-refractivity contribution < 1.29 is 27.9 Å². The lowest BCUT2D eigenvalue weighted by molar-refractivity contribution is -0.269. The average molecular weight is 507 g/mol. The van der Waals surface area contributed by atoms with Crippen molar-refractivity contribution in [3.05, 3.63) is 22.8 Å². The summed E-state index contributed by atoms with van der Waals surface area (Å²) >= 11 is 6.21. The van der Waals surface area contributed by atoms with E-state index in [-0.39, 0.29) is 17.6 Å². The van der Waals surface area contributed by atoms with Crippen LogP contribution in [0.3, 0.4) is 0 Å². The van der Waals surface area contributed by atoms with Gasteiger partial charge in [0.1, 0.15) is 11.0 Å². The quantitative estimate of drug-likeness (QED) is 0.542. The topological polar surface area (TPSA) is 77.0 Å². The lowest BCUT2D eigenvalue weighted by Gasteiger charge is -2.36. The summed E-state index contributed by atoms with van der Waals surface area (Å²) in [5.41, 5.74) is -3.03. The molecule has 34 heavy (non-hydrogen) atoms. The Kier molecular flexibility index (Phi) is 9.21. The van der Waals surface area contributed by atoms with E-state index < -0.39 is 23.6 Å². The van der Waals surface area contributed by atoms with Gasteiger partial charge in [0.05, 0.1) is 5.56 Å². The van der Waals surface area contributed by atoms with Gasteiger partial charge in [-0.05, 0) is 43.7 Å². The number of alkyl halides is 3. The average Bonchev–Trinajstić information content (AvgIpc) is 2.76. The van der Waals surface area contributed by atoms with Crippen LogP contribution in [0.15, 0.2) is 12.1 Å². The van der Waals surface area contributed by atoms with E-state index >= 15 is 0 Å². The van der Waals surface area contributed by atoms with Gasteiger partial charge in [-0.2, -0.15) is 13.2 Å². The Balaban J connectivity index is 1.86. The second-order valence-corrected chi connectivity index (χ2v) is 9.78. The number of pyridine rings is 1. The first-order chi connectivity index (χ1) is 15.7. The standard InChI is InChI=1S/C23H34ClF3N4O3/c1-15(2)22(34,23(25,26)27)21(33)30(5)12-6-7-16-10-13-31(14-11-16)18-9-8-17(19(24)28-18)20(32)29(3)4/h8-9,15-16,34H,6-7,10-14H2,1-5H3/t22-/m0/s1. The highest BCUT2D eigenvalue weighted by Gasteiger charge is 2.62. The lowest BCUT2D eigenvalue weighted by Crippen LogP contribution is -2.60. The number of hydrogen-bond acceptors (Lipinski definition) is 5. The first kappa shape index (κ1) is 28.2. The zero-order chi connectivity index (χ0) is 25.8. The van der Waals surface area contributed by atoms with E-state index in [0.717, 1.165) is 37.3 Å². The number of aliphatic hydroxyl groups is 1. The van der Waals surface area contributed by atoms with Crippen molar-refractivity contribution >= 4 is 29.2 Å². The molecule has 2 heterocycles. The molecule has 1 aliphatic rings. The normalized spacial score (nSPS) is 17.0. The van der Waals surface area contributed by atoms with Crippen molar-refractivity contribution in [1.29, 1.82) is 0 Å². The number of halogens is 4. The first-order valence-corrected chi connectivity index (χ1v) is 11.8. The molecule has 1 fully saturated rings. The largest absolute Gasteiger partial charge is 0.426 e. The van der Waals surface area contributed by atoms with Crippen LogP contribution in [-0.4, -0.2) is 84.3 Å². The Morgan fingerprint density at radius 1 is 1.21 bits per heavy atom. The molecule has 1 N–H and O–H groups in total. The molecule has 1 aliphatic heterocycles. The molecule has 2 rings (SSSR count). The van der Waals surface area contributed by atoms with E-state index in [1.807, 2.05) is 0 Å². The van der Waals surface area contributed by atoms with Crippen LogP contribution in [-0.2, 0) is 4.79 Å². The van der Waals surface area contributed by atoms with E-state index in [0.29, 0.717) is 23.7 Å². The summed E-state index contributed by atoms with van der Waals surface area (Å²) in [4.78, 5) is 33.4. The monoisotopic (exact) mass is 506 g/mol. The summed E-state index contributed by atoms with van der Waals surface area (Å²) in [5, 5.41) is 10.2. The minimum atomic E-state index is -5.03. The van der Waals surface area contributed by atoms with Gasteiger partial charge in [0, 0.05) is 46.7 Å². The number of carbonyl (C=O) groups excluding carboxylic acids is 2. The highest BCUT2D eigenvalue weighted by Crippen LogP contribution is 2.37. The van der Waals surface area contributed by atoms with Crippen LogP contribution in [0, 0.1) is 11.8 Å². The number of rotatable bonds is 8.